The summed E-state index contributed by atoms with van der Waals surface area (Å²) in [5.41, 5.74) is 0.380. The van der Waals surface area contributed by atoms with Gasteiger partial charge in [0.2, 0.25) is 0 Å². The first kappa shape index (κ1) is 14.5. The van der Waals surface area contributed by atoms with Gasteiger partial charge < -0.3 is 9.47 Å². The molecular weight excluding hydrogens is 298 g/mol. The van der Waals surface area contributed by atoms with Gasteiger partial charge in [0.05, 0.1) is 12.2 Å². The topological polar surface area (TPSA) is 59.3 Å². The number of carbonyl (C=O) groups is 1. The van der Waals surface area contributed by atoms with E-state index in [1.165, 1.54) is 0 Å². The van der Waals surface area contributed by atoms with Crippen LogP contribution in [-0.2, 0) is 9.53 Å². The van der Waals surface area contributed by atoms with Crippen molar-refractivity contribution in [2.45, 2.75) is 19.8 Å². The summed E-state index contributed by atoms with van der Waals surface area (Å²) < 4.78 is 11.0. The molecular formula is C13H14BrNO3. The molecule has 5 heteroatoms. The normalized spacial score (nSPS) is 9.61. The summed E-state index contributed by atoms with van der Waals surface area (Å²) in [7, 11) is 0. The first-order chi connectivity index (χ1) is 8.67. The van der Waals surface area contributed by atoms with Gasteiger partial charge in [0.1, 0.15) is 11.8 Å². The summed E-state index contributed by atoms with van der Waals surface area (Å²) in [5, 5.41) is 8.91. The van der Waals surface area contributed by atoms with Gasteiger partial charge in [-0.25, -0.2) is 4.79 Å². The molecule has 0 aliphatic rings. The molecule has 0 saturated carbocycles. The van der Waals surface area contributed by atoms with Crippen LogP contribution in [0.2, 0.25) is 0 Å². The van der Waals surface area contributed by atoms with Crippen LogP contribution < -0.4 is 4.74 Å². The van der Waals surface area contributed by atoms with E-state index in [4.69, 9.17) is 14.7 Å². The van der Waals surface area contributed by atoms with Gasteiger partial charge in [-0.1, -0.05) is 29.3 Å². The molecule has 1 rings (SSSR count). The van der Waals surface area contributed by atoms with Crippen molar-refractivity contribution >= 4 is 21.9 Å². The molecule has 0 saturated heterocycles. The van der Waals surface area contributed by atoms with Crippen molar-refractivity contribution in [3.63, 3.8) is 0 Å². The van der Waals surface area contributed by atoms with E-state index >= 15 is 0 Å². The maximum atomic E-state index is 11.3. The van der Waals surface area contributed by atoms with Gasteiger partial charge in [0.15, 0.2) is 6.61 Å². The second-order valence-corrected chi connectivity index (χ2v) is 4.53. The average molecular weight is 312 g/mol. The Balaban J connectivity index is 2.48. The lowest BCUT2D eigenvalue weighted by Gasteiger charge is -2.08. The van der Waals surface area contributed by atoms with Crippen molar-refractivity contribution in [1.29, 1.82) is 5.26 Å². The molecule has 18 heavy (non-hydrogen) atoms. The van der Waals surface area contributed by atoms with Gasteiger partial charge >= 0.3 is 5.97 Å². The van der Waals surface area contributed by atoms with Gasteiger partial charge in [0.25, 0.3) is 0 Å². The van der Waals surface area contributed by atoms with Crippen LogP contribution in [0.4, 0.5) is 0 Å². The highest BCUT2D eigenvalue weighted by Gasteiger charge is 2.08. The zero-order valence-corrected chi connectivity index (χ0v) is 11.7. The molecule has 0 N–H and O–H groups in total. The molecule has 1 aromatic carbocycles. The third-order valence-corrected chi connectivity index (χ3v) is 2.66. The zero-order valence-electron chi connectivity index (χ0n) is 10.1. The monoisotopic (exact) mass is 311 g/mol. The van der Waals surface area contributed by atoms with Crippen LogP contribution in [0.25, 0.3) is 0 Å². The Hall–Kier alpha value is -1.54. The summed E-state index contributed by atoms with van der Waals surface area (Å²) in [6.07, 6.45) is 1.81. The molecule has 0 spiro atoms. The average Bonchev–Trinajstić information content (AvgIpc) is 2.37. The Morgan fingerprint density at radius 1 is 1.50 bits per heavy atom. The minimum Gasteiger partial charge on any atom is -0.481 e. The van der Waals surface area contributed by atoms with Crippen LogP contribution in [-0.4, -0.2) is 19.2 Å². The van der Waals surface area contributed by atoms with Crippen molar-refractivity contribution < 1.29 is 14.3 Å². The van der Waals surface area contributed by atoms with E-state index in [0.29, 0.717) is 17.9 Å². The van der Waals surface area contributed by atoms with Crippen LogP contribution >= 0.6 is 15.9 Å². The summed E-state index contributed by atoms with van der Waals surface area (Å²) in [6, 6.07) is 7.03. The highest BCUT2D eigenvalue weighted by Crippen LogP contribution is 2.22. The smallest absolute Gasteiger partial charge is 0.344 e. The molecule has 0 bridgehead atoms. The van der Waals surface area contributed by atoms with E-state index in [2.05, 4.69) is 15.9 Å². The molecule has 0 aliphatic heterocycles. The molecule has 0 fully saturated rings. The third kappa shape index (κ3) is 4.76. The van der Waals surface area contributed by atoms with Gasteiger partial charge in [-0.05, 0) is 24.6 Å². The zero-order chi connectivity index (χ0) is 13.4. The predicted octanol–water partition coefficient (Wildman–Crippen LogP) is 3.04. The van der Waals surface area contributed by atoms with Crippen molar-refractivity contribution in [3.05, 3.63) is 28.2 Å². The second kappa shape index (κ2) is 7.72. The Kier molecular flexibility index (Phi) is 6.23. The lowest BCUT2D eigenvalue weighted by Crippen LogP contribution is -2.15. The number of ether oxygens (including phenoxy) is 2. The Bertz CT molecular complexity index is 454. The molecule has 0 aromatic heterocycles. The highest BCUT2D eigenvalue weighted by molar-refractivity contribution is 9.10. The number of rotatable bonds is 6. The number of unbranched alkanes of at least 4 members (excludes halogenated alkanes) is 1. The van der Waals surface area contributed by atoms with Crippen molar-refractivity contribution in [3.8, 4) is 11.8 Å². The molecule has 0 aliphatic carbocycles. The number of carbonyl (C=O) groups excluding carboxylic acids is 1. The van der Waals surface area contributed by atoms with Crippen LogP contribution in [0.1, 0.15) is 25.3 Å². The summed E-state index contributed by atoms with van der Waals surface area (Å²) in [4.78, 5) is 11.3. The number of hydrogen-bond acceptors (Lipinski definition) is 4. The highest BCUT2D eigenvalue weighted by atomic mass is 79.9. The molecule has 0 amide bonds. The Labute approximate surface area is 115 Å². The minimum absolute atomic E-state index is 0.181. The molecule has 0 unspecified atom stereocenters. The number of nitriles is 1. The van der Waals surface area contributed by atoms with Crippen LogP contribution in [0, 0.1) is 11.3 Å². The first-order valence-corrected chi connectivity index (χ1v) is 6.44. The molecule has 0 atom stereocenters. The second-order valence-electron chi connectivity index (χ2n) is 3.61. The predicted molar refractivity (Wildman–Crippen MR) is 70.2 cm³/mol. The Morgan fingerprint density at radius 3 is 2.94 bits per heavy atom. The van der Waals surface area contributed by atoms with Crippen LogP contribution in [0.3, 0.4) is 0 Å². The number of halogens is 1. The SMILES string of the molecule is CCCCOC(=O)COc1ccc(Br)cc1C#N. The fourth-order valence-corrected chi connectivity index (χ4v) is 1.59. The fourth-order valence-electron chi connectivity index (χ4n) is 1.22. The molecule has 4 nitrogen and oxygen atoms in total. The largest absolute Gasteiger partial charge is 0.481 e. The minimum atomic E-state index is -0.421. The molecule has 0 radical (unpaired) electrons. The van der Waals surface area contributed by atoms with E-state index in [9.17, 15) is 4.79 Å². The maximum Gasteiger partial charge on any atom is 0.344 e. The maximum absolute atomic E-state index is 11.3. The van der Waals surface area contributed by atoms with E-state index in [0.717, 1.165) is 17.3 Å². The number of hydrogen-bond donors (Lipinski definition) is 0. The number of benzene rings is 1. The summed E-state index contributed by atoms with van der Waals surface area (Å²) in [6.45, 7) is 2.25. The molecule has 1 aromatic rings. The van der Waals surface area contributed by atoms with Crippen molar-refractivity contribution in [2.75, 3.05) is 13.2 Å². The van der Waals surface area contributed by atoms with E-state index in [-0.39, 0.29) is 6.61 Å². The first-order valence-electron chi connectivity index (χ1n) is 5.65. The fraction of sp³-hybridized carbons (Fsp3) is 0.385. The standard InChI is InChI=1S/C13H14BrNO3/c1-2-3-6-17-13(16)9-18-12-5-4-11(14)7-10(12)8-15/h4-5,7H,2-3,6,9H2,1H3. The van der Waals surface area contributed by atoms with Crippen LogP contribution in [0.5, 0.6) is 5.75 Å². The lowest BCUT2D eigenvalue weighted by atomic mass is 10.2. The van der Waals surface area contributed by atoms with Gasteiger partial charge in [-0.3, -0.25) is 0 Å². The van der Waals surface area contributed by atoms with Gasteiger partial charge in [-0.15, -0.1) is 0 Å². The summed E-state index contributed by atoms with van der Waals surface area (Å²) in [5.74, 6) is -0.0385. The quantitative estimate of drug-likeness (QED) is 0.598. The van der Waals surface area contributed by atoms with Gasteiger partial charge in [0, 0.05) is 4.47 Å². The summed E-state index contributed by atoms with van der Waals surface area (Å²) >= 11 is 3.26. The van der Waals surface area contributed by atoms with Crippen molar-refractivity contribution in [2.24, 2.45) is 0 Å². The lowest BCUT2D eigenvalue weighted by molar-refractivity contribution is -0.146. The molecule has 0 heterocycles. The van der Waals surface area contributed by atoms with Gasteiger partial charge in [-0.2, -0.15) is 5.26 Å². The van der Waals surface area contributed by atoms with E-state index < -0.39 is 5.97 Å². The molecule has 96 valence electrons. The van der Waals surface area contributed by atoms with E-state index in [1.54, 1.807) is 18.2 Å². The van der Waals surface area contributed by atoms with Crippen molar-refractivity contribution in [1.82, 2.24) is 0 Å². The number of esters is 1. The van der Waals surface area contributed by atoms with Crippen LogP contribution in [0.15, 0.2) is 22.7 Å². The van der Waals surface area contributed by atoms with E-state index in [1.807, 2.05) is 13.0 Å². The number of nitrogens with zero attached hydrogens (tertiary/aromatic N) is 1. The third-order valence-electron chi connectivity index (χ3n) is 2.17. The Morgan fingerprint density at radius 2 is 2.28 bits per heavy atom.